The third-order valence-corrected chi connectivity index (χ3v) is 4.80. The molecule has 21 heavy (non-hydrogen) atoms. The van der Waals surface area contributed by atoms with Crippen molar-refractivity contribution in [2.75, 3.05) is 25.9 Å². The van der Waals surface area contributed by atoms with Crippen molar-refractivity contribution < 1.29 is 4.79 Å². The topological polar surface area (TPSA) is 32.3 Å². The number of carbonyl (C=O) groups is 1. The number of rotatable bonds is 5. The number of carbonyl (C=O) groups excluding carboxylic acids is 1. The molecule has 1 atom stereocenters. The molecular formula is C16H25ClN2OS. The van der Waals surface area contributed by atoms with Crippen LogP contribution in [0.3, 0.4) is 0 Å². The molecule has 0 aliphatic carbocycles. The summed E-state index contributed by atoms with van der Waals surface area (Å²) < 4.78 is 0. The highest BCUT2D eigenvalue weighted by Crippen LogP contribution is 2.20. The van der Waals surface area contributed by atoms with Gasteiger partial charge in [-0.15, -0.1) is 24.2 Å². The van der Waals surface area contributed by atoms with Gasteiger partial charge in [-0.1, -0.05) is 17.7 Å². The number of hydrogen-bond donors (Lipinski definition) is 1. The zero-order valence-electron chi connectivity index (χ0n) is 12.8. The molecule has 0 bridgehead atoms. The Kier molecular flexibility index (Phi) is 8.15. The Hall–Kier alpha value is -0.710. The number of nitrogens with one attached hydrogen (secondary N) is 1. The Bertz CT molecular complexity index is 438. The van der Waals surface area contributed by atoms with Crippen LogP contribution in [0.5, 0.6) is 0 Å². The van der Waals surface area contributed by atoms with Crippen molar-refractivity contribution in [3.8, 4) is 0 Å². The number of benzene rings is 1. The van der Waals surface area contributed by atoms with E-state index < -0.39 is 0 Å². The fourth-order valence-corrected chi connectivity index (χ4v) is 3.33. The SMILES string of the molecule is CNC1CCCN(C(=O)CCSc2ccc(C)cc2)C1.Cl. The van der Waals surface area contributed by atoms with Crippen molar-refractivity contribution in [3.63, 3.8) is 0 Å². The minimum atomic E-state index is 0. The van der Waals surface area contributed by atoms with E-state index in [0.717, 1.165) is 25.3 Å². The van der Waals surface area contributed by atoms with Crippen LogP contribution in [0.25, 0.3) is 0 Å². The van der Waals surface area contributed by atoms with Crippen LogP contribution in [0, 0.1) is 6.92 Å². The van der Waals surface area contributed by atoms with Crippen molar-refractivity contribution >= 4 is 30.1 Å². The van der Waals surface area contributed by atoms with Gasteiger partial charge in [0.15, 0.2) is 0 Å². The lowest BCUT2D eigenvalue weighted by atomic mass is 10.1. The second kappa shape index (κ2) is 9.34. The summed E-state index contributed by atoms with van der Waals surface area (Å²) in [5.74, 6) is 1.16. The van der Waals surface area contributed by atoms with E-state index in [1.807, 2.05) is 11.9 Å². The summed E-state index contributed by atoms with van der Waals surface area (Å²) in [5, 5.41) is 3.28. The van der Waals surface area contributed by atoms with Gasteiger partial charge in [0.1, 0.15) is 0 Å². The van der Waals surface area contributed by atoms with E-state index in [9.17, 15) is 4.79 Å². The number of thioether (sulfide) groups is 1. The molecule has 1 aromatic rings. The van der Waals surface area contributed by atoms with Crippen LogP contribution < -0.4 is 5.32 Å². The van der Waals surface area contributed by atoms with Crippen LogP contribution in [0.2, 0.25) is 0 Å². The van der Waals surface area contributed by atoms with Crippen LogP contribution in [-0.2, 0) is 4.79 Å². The molecule has 118 valence electrons. The summed E-state index contributed by atoms with van der Waals surface area (Å²) in [6.07, 6.45) is 2.93. The van der Waals surface area contributed by atoms with Crippen molar-refractivity contribution in [1.29, 1.82) is 0 Å². The molecule has 0 saturated carbocycles. The maximum atomic E-state index is 12.2. The molecule has 0 aromatic heterocycles. The lowest BCUT2D eigenvalue weighted by Crippen LogP contribution is -2.47. The zero-order chi connectivity index (χ0) is 14.4. The number of likely N-dealkylation sites (N-methyl/N-ethyl adjacent to an activating group) is 1. The van der Waals surface area contributed by atoms with Crippen molar-refractivity contribution in [2.45, 2.75) is 37.1 Å². The van der Waals surface area contributed by atoms with Crippen LogP contribution in [0.15, 0.2) is 29.2 Å². The van der Waals surface area contributed by atoms with E-state index in [2.05, 4.69) is 36.5 Å². The largest absolute Gasteiger partial charge is 0.341 e. The fourth-order valence-electron chi connectivity index (χ4n) is 2.49. The van der Waals surface area contributed by atoms with Gasteiger partial charge >= 0.3 is 0 Å². The zero-order valence-corrected chi connectivity index (χ0v) is 14.4. The van der Waals surface area contributed by atoms with Gasteiger partial charge < -0.3 is 10.2 Å². The van der Waals surface area contributed by atoms with Crippen molar-refractivity contribution in [2.24, 2.45) is 0 Å². The molecule has 1 aliphatic heterocycles. The summed E-state index contributed by atoms with van der Waals surface area (Å²) in [7, 11) is 1.98. The Morgan fingerprint density at radius 1 is 1.38 bits per heavy atom. The first-order chi connectivity index (χ1) is 9.69. The van der Waals surface area contributed by atoms with Crippen LogP contribution >= 0.6 is 24.2 Å². The predicted octanol–water partition coefficient (Wildman–Crippen LogP) is 3.11. The molecule has 1 amide bonds. The average Bonchev–Trinajstić information content (AvgIpc) is 2.49. The van der Waals surface area contributed by atoms with Gasteiger partial charge in [-0.3, -0.25) is 4.79 Å². The number of likely N-dealkylation sites (tertiary alicyclic amines) is 1. The summed E-state index contributed by atoms with van der Waals surface area (Å²) in [4.78, 5) is 15.4. The monoisotopic (exact) mass is 328 g/mol. The first-order valence-corrected chi connectivity index (χ1v) is 8.32. The summed E-state index contributed by atoms with van der Waals surface area (Å²) in [5.41, 5.74) is 1.27. The first-order valence-electron chi connectivity index (χ1n) is 7.33. The standard InChI is InChI=1S/C16H24N2OS.ClH/c1-13-5-7-15(8-6-13)20-11-9-16(19)18-10-3-4-14(12-18)17-2;/h5-8,14,17H,3-4,9-12H2,1-2H3;1H. The second-order valence-electron chi connectivity index (χ2n) is 5.38. The van der Waals surface area contributed by atoms with Gasteiger partial charge in [0.05, 0.1) is 0 Å². The lowest BCUT2D eigenvalue weighted by Gasteiger charge is -2.32. The fraction of sp³-hybridized carbons (Fsp3) is 0.562. The molecule has 1 fully saturated rings. The van der Waals surface area contributed by atoms with Gasteiger partial charge in [0, 0.05) is 36.2 Å². The molecular weight excluding hydrogens is 304 g/mol. The van der Waals surface area contributed by atoms with E-state index in [0.29, 0.717) is 18.4 Å². The summed E-state index contributed by atoms with van der Waals surface area (Å²) in [6, 6.07) is 8.96. The highest BCUT2D eigenvalue weighted by molar-refractivity contribution is 7.99. The Morgan fingerprint density at radius 3 is 2.76 bits per heavy atom. The lowest BCUT2D eigenvalue weighted by molar-refractivity contribution is -0.132. The molecule has 1 aromatic carbocycles. The quantitative estimate of drug-likeness (QED) is 0.843. The van der Waals surface area contributed by atoms with Crippen LogP contribution in [0.4, 0.5) is 0 Å². The van der Waals surface area contributed by atoms with Crippen molar-refractivity contribution in [3.05, 3.63) is 29.8 Å². The van der Waals surface area contributed by atoms with E-state index in [4.69, 9.17) is 0 Å². The number of halogens is 1. The molecule has 1 saturated heterocycles. The molecule has 1 N–H and O–H groups in total. The molecule has 5 heteroatoms. The van der Waals surface area contributed by atoms with E-state index in [1.165, 1.54) is 16.9 Å². The third-order valence-electron chi connectivity index (χ3n) is 3.79. The summed E-state index contributed by atoms with van der Waals surface area (Å²) >= 11 is 1.76. The van der Waals surface area contributed by atoms with Gasteiger partial charge in [-0.05, 0) is 38.9 Å². The van der Waals surface area contributed by atoms with Gasteiger partial charge in [0.2, 0.25) is 5.91 Å². The van der Waals surface area contributed by atoms with E-state index in [1.54, 1.807) is 11.8 Å². The molecule has 0 radical (unpaired) electrons. The predicted molar refractivity (Wildman–Crippen MR) is 92.4 cm³/mol. The highest BCUT2D eigenvalue weighted by Gasteiger charge is 2.21. The molecule has 3 nitrogen and oxygen atoms in total. The number of amides is 1. The molecule has 1 heterocycles. The summed E-state index contributed by atoms with van der Waals surface area (Å²) in [6.45, 7) is 3.88. The van der Waals surface area contributed by atoms with Gasteiger partial charge in [-0.2, -0.15) is 0 Å². The highest BCUT2D eigenvalue weighted by atomic mass is 35.5. The average molecular weight is 329 g/mol. The maximum Gasteiger partial charge on any atom is 0.223 e. The first kappa shape index (κ1) is 18.3. The smallest absolute Gasteiger partial charge is 0.223 e. The van der Waals surface area contributed by atoms with E-state index in [-0.39, 0.29) is 12.4 Å². The van der Waals surface area contributed by atoms with Crippen LogP contribution in [0.1, 0.15) is 24.8 Å². The van der Waals surface area contributed by atoms with Gasteiger partial charge in [-0.25, -0.2) is 0 Å². The van der Waals surface area contributed by atoms with Crippen LogP contribution in [-0.4, -0.2) is 42.7 Å². The molecule has 1 aliphatic rings. The van der Waals surface area contributed by atoms with E-state index >= 15 is 0 Å². The number of hydrogen-bond acceptors (Lipinski definition) is 3. The third kappa shape index (κ3) is 5.89. The minimum Gasteiger partial charge on any atom is -0.341 e. The Morgan fingerprint density at radius 2 is 2.10 bits per heavy atom. The normalized spacial score (nSPS) is 18.2. The minimum absolute atomic E-state index is 0. The number of aryl methyl sites for hydroxylation is 1. The Balaban J connectivity index is 0.00000220. The maximum absolute atomic E-state index is 12.2. The number of nitrogens with zero attached hydrogens (tertiary/aromatic N) is 1. The van der Waals surface area contributed by atoms with Crippen molar-refractivity contribution in [1.82, 2.24) is 10.2 Å². The molecule has 0 spiro atoms. The number of piperidine rings is 1. The molecule has 2 rings (SSSR count). The van der Waals surface area contributed by atoms with Gasteiger partial charge in [0.25, 0.3) is 0 Å². The second-order valence-corrected chi connectivity index (χ2v) is 6.55. The molecule has 1 unspecified atom stereocenters. The Labute approximate surface area is 138 Å².